The molecule has 19 heavy (non-hydrogen) atoms. The van der Waals surface area contributed by atoms with Crippen molar-refractivity contribution in [2.24, 2.45) is 11.7 Å². The quantitative estimate of drug-likeness (QED) is 0.892. The molecule has 0 aliphatic carbocycles. The van der Waals surface area contributed by atoms with Gasteiger partial charge in [-0.05, 0) is 49.6 Å². The van der Waals surface area contributed by atoms with Crippen LogP contribution in [0.5, 0.6) is 0 Å². The van der Waals surface area contributed by atoms with Gasteiger partial charge in [-0.25, -0.2) is 8.42 Å². The monoisotopic (exact) mass is 282 g/mol. The van der Waals surface area contributed by atoms with Crippen LogP contribution in [-0.4, -0.2) is 33.8 Å². The van der Waals surface area contributed by atoms with Crippen LogP contribution >= 0.6 is 0 Å². The standard InChI is InChI=1S/C14H22N2O2S/c1-2-19(17,18)14-5-3-13(4-6-14)16-10-8-12(11-16)7-9-15/h3-6,12H,2,7-11,15H2,1H3. The number of hydrogen-bond acceptors (Lipinski definition) is 4. The van der Waals surface area contributed by atoms with Gasteiger partial charge in [0.25, 0.3) is 0 Å². The molecule has 1 aromatic carbocycles. The smallest absolute Gasteiger partial charge is 0.178 e. The lowest BCUT2D eigenvalue weighted by atomic mass is 10.1. The first-order valence-corrected chi connectivity index (χ1v) is 8.50. The Bertz CT molecular complexity index is 511. The van der Waals surface area contributed by atoms with Crippen LogP contribution < -0.4 is 10.6 Å². The maximum absolute atomic E-state index is 11.7. The number of anilines is 1. The zero-order valence-electron chi connectivity index (χ0n) is 11.4. The van der Waals surface area contributed by atoms with Gasteiger partial charge < -0.3 is 10.6 Å². The first kappa shape index (κ1) is 14.3. The lowest BCUT2D eigenvalue weighted by molar-refractivity contribution is 0.546. The average molecular weight is 282 g/mol. The van der Waals surface area contributed by atoms with Crippen molar-refractivity contribution < 1.29 is 8.42 Å². The molecule has 1 unspecified atom stereocenters. The normalized spacial score (nSPS) is 19.9. The molecule has 0 radical (unpaired) electrons. The number of benzene rings is 1. The fourth-order valence-corrected chi connectivity index (χ4v) is 3.45. The Labute approximate surface area is 115 Å². The highest BCUT2D eigenvalue weighted by Crippen LogP contribution is 2.26. The summed E-state index contributed by atoms with van der Waals surface area (Å²) in [5.41, 5.74) is 6.70. The molecule has 1 saturated heterocycles. The molecule has 1 aliphatic heterocycles. The van der Waals surface area contributed by atoms with E-state index in [2.05, 4.69) is 4.90 Å². The average Bonchev–Trinajstić information content (AvgIpc) is 2.88. The summed E-state index contributed by atoms with van der Waals surface area (Å²) >= 11 is 0. The molecule has 1 aliphatic rings. The van der Waals surface area contributed by atoms with E-state index in [1.165, 1.54) is 6.42 Å². The van der Waals surface area contributed by atoms with E-state index in [9.17, 15) is 8.42 Å². The second kappa shape index (κ2) is 5.92. The summed E-state index contributed by atoms with van der Waals surface area (Å²) in [5.74, 6) is 0.818. The highest BCUT2D eigenvalue weighted by atomic mass is 32.2. The Morgan fingerprint density at radius 2 is 2.00 bits per heavy atom. The molecule has 4 nitrogen and oxygen atoms in total. The van der Waals surface area contributed by atoms with Gasteiger partial charge in [0.15, 0.2) is 9.84 Å². The first-order chi connectivity index (χ1) is 9.06. The van der Waals surface area contributed by atoms with E-state index < -0.39 is 9.84 Å². The summed E-state index contributed by atoms with van der Waals surface area (Å²) in [6.45, 7) is 4.47. The topological polar surface area (TPSA) is 63.4 Å². The minimum absolute atomic E-state index is 0.147. The second-order valence-corrected chi connectivity index (χ2v) is 7.35. The summed E-state index contributed by atoms with van der Waals surface area (Å²) in [4.78, 5) is 2.72. The molecule has 0 bridgehead atoms. The Hall–Kier alpha value is -1.07. The molecule has 5 heteroatoms. The van der Waals surface area contributed by atoms with Gasteiger partial charge in [-0.1, -0.05) is 6.92 Å². The van der Waals surface area contributed by atoms with Crippen molar-refractivity contribution >= 4 is 15.5 Å². The van der Waals surface area contributed by atoms with Crippen LogP contribution in [0.4, 0.5) is 5.69 Å². The lowest BCUT2D eigenvalue weighted by Gasteiger charge is -2.19. The summed E-state index contributed by atoms with van der Waals surface area (Å²) in [5, 5.41) is 0. The van der Waals surface area contributed by atoms with E-state index in [-0.39, 0.29) is 5.75 Å². The third-order valence-electron chi connectivity index (χ3n) is 3.80. The van der Waals surface area contributed by atoms with E-state index in [0.717, 1.165) is 31.7 Å². The van der Waals surface area contributed by atoms with Crippen LogP contribution in [0.2, 0.25) is 0 Å². The maximum atomic E-state index is 11.7. The van der Waals surface area contributed by atoms with Gasteiger partial charge in [0.2, 0.25) is 0 Å². The predicted molar refractivity (Wildman–Crippen MR) is 78.2 cm³/mol. The lowest BCUT2D eigenvalue weighted by Crippen LogP contribution is -2.20. The number of hydrogen-bond donors (Lipinski definition) is 1. The fraction of sp³-hybridized carbons (Fsp3) is 0.571. The van der Waals surface area contributed by atoms with Crippen molar-refractivity contribution in [2.45, 2.75) is 24.7 Å². The van der Waals surface area contributed by atoms with Gasteiger partial charge in [0, 0.05) is 18.8 Å². The molecule has 1 heterocycles. The minimum atomic E-state index is -3.09. The Balaban J connectivity index is 2.08. The molecule has 2 rings (SSSR count). The molecule has 1 fully saturated rings. The van der Waals surface area contributed by atoms with Crippen molar-refractivity contribution in [2.75, 3.05) is 30.3 Å². The summed E-state index contributed by atoms with van der Waals surface area (Å²) in [6.07, 6.45) is 2.24. The van der Waals surface area contributed by atoms with Crippen molar-refractivity contribution in [1.29, 1.82) is 0 Å². The summed E-state index contributed by atoms with van der Waals surface area (Å²) in [6, 6.07) is 7.25. The highest BCUT2D eigenvalue weighted by molar-refractivity contribution is 7.91. The Morgan fingerprint density at radius 1 is 1.32 bits per heavy atom. The number of nitrogens with zero attached hydrogens (tertiary/aromatic N) is 1. The summed E-state index contributed by atoms with van der Waals surface area (Å²) < 4.78 is 23.5. The third-order valence-corrected chi connectivity index (χ3v) is 5.55. The van der Waals surface area contributed by atoms with Crippen LogP contribution in [0.15, 0.2) is 29.2 Å². The first-order valence-electron chi connectivity index (χ1n) is 6.84. The molecule has 0 saturated carbocycles. The molecule has 0 spiro atoms. The van der Waals surface area contributed by atoms with Crippen LogP contribution in [-0.2, 0) is 9.84 Å². The molecule has 0 aromatic heterocycles. The van der Waals surface area contributed by atoms with Crippen molar-refractivity contribution in [3.8, 4) is 0 Å². The molecular formula is C14H22N2O2S. The van der Waals surface area contributed by atoms with E-state index in [0.29, 0.717) is 10.8 Å². The molecule has 2 N–H and O–H groups in total. The van der Waals surface area contributed by atoms with Gasteiger partial charge >= 0.3 is 0 Å². The van der Waals surface area contributed by atoms with Crippen LogP contribution in [0.3, 0.4) is 0 Å². The minimum Gasteiger partial charge on any atom is -0.371 e. The van der Waals surface area contributed by atoms with Crippen molar-refractivity contribution in [3.05, 3.63) is 24.3 Å². The Kier molecular flexibility index (Phi) is 4.47. The van der Waals surface area contributed by atoms with Gasteiger partial charge in [0.05, 0.1) is 10.6 Å². The number of sulfone groups is 1. The number of rotatable bonds is 5. The fourth-order valence-electron chi connectivity index (χ4n) is 2.57. The zero-order chi connectivity index (χ0) is 13.9. The van der Waals surface area contributed by atoms with Gasteiger partial charge in [0.1, 0.15) is 0 Å². The largest absolute Gasteiger partial charge is 0.371 e. The van der Waals surface area contributed by atoms with E-state index >= 15 is 0 Å². The maximum Gasteiger partial charge on any atom is 0.178 e. The van der Waals surface area contributed by atoms with Crippen LogP contribution in [0, 0.1) is 5.92 Å². The van der Waals surface area contributed by atoms with E-state index in [1.54, 1.807) is 19.1 Å². The molecule has 106 valence electrons. The van der Waals surface area contributed by atoms with Gasteiger partial charge in [-0.2, -0.15) is 0 Å². The second-order valence-electron chi connectivity index (χ2n) is 5.08. The van der Waals surface area contributed by atoms with E-state index in [4.69, 9.17) is 5.73 Å². The summed E-state index contributed by atoms with van der Waals surface area (Å²) in [7, 11) is -3.09. The molecular weight excluding hydrogens is 260 g/mol. The van der Waals surface area contributed by atoms with E-state index in [1.807, 2.05) is 12.1 Å². The predicted octanol–water partition coefficient (Wildman–Crippen LogP) is 1.66. The Morgan fingerprint density at radius 3 is 2.58 bits per heavy atom. The third kappa shape index (κ3) is 3.28. The highest BCUT2D eigenvalue weighted by Gasteiger charge is 2.22. The van der Waals surface area contributed by atoms with Crippen molar-refractivity contribution in [3.63, 3.8) is 0 Å². The van der Waals surface area contributed by atoms with Gasteiger partial charge in [-0.3, -0.25) is 0 Å². The number of nitrogens with two attached hydrogens (primary N) is 1. The van der Waals surface area contributed by atoms with Gasteiger partial charge in [-0.15, -0.1) is 0 Å². The van der Waals surface area contributed by atoms with Crippen LogP contribution in [0.1, 0.15) is 19.8 Å². The SMILES string of the molecule is CCS(=O)(=O)c1ccc(N2CCC(CCN)C2)cc1. The van der Waals surface area contributed by atoms with Crippen LogP contribution in [0.25, 0.3) is 0 Å². The molecule has 0 amide bonds. The molecule has 1 atom stereocenters. The zero-order valence-corrected chi connectivity index (χ0v) is 12.2. The molecule has 1 aromatic rings. The van der Waals surface area contributed by atoms with Crippen molar-refractivity contribution in [1.82, 2.24) is 0 Å².